The van der Waals surface area contributed by atoms with Gasteiger partial charge in [-0.1, -0.05) is 0 Å². The third-order valence-electron chi connectivity index (χ3n) is 3.56. The van der Waals surface area contributed by atoms with Crippen LogP contribution in [-0.2, 0) is 14.8 Å². The molecule has 2 unspecified atom stereocenters. The number of nitrogens with one attached hydrogen (secondary N) is 1. The Morgan fingerprint density at radius 3 is 2.83 bits per heavy atom. The molecule has 2 N–H and O–H groups in total. The molecular weight excluding hydrogens is 338 g/mol. The van der Waals surface area contributed by atoms with Crippen LogP contribution in [0.2, 0.25) is 0 Å². The molecule has 1 aliphatic rings. The summed E-state index contributed by atoms with van der Waals surface area (Å²) in [5.41, 5.74) is 0. The van der Waals surface area contributed by atoms with Gasteiger partial charge in [-0.25, -0.2) is 13.1 Å². The van der Waals surface area contributed by atoms with Gasteiger partial charge in [0.2, 0.25) is 16.8 Å². The Morgan fingerprint density at radius 1 is 1.33 bits per heavy atom. The summed E-state index contributed by atoms with van der Waals surface area (Å²) in [4.78, 5) is 0. The van der Waals surface area contributed by atoms with E-state index in [9.17, 15) is 13.5 Å². The molecule has 1 heterocycles. The van der Waals surface area contributed by atoms with E-state index in [2.05, 4.69) is 4.72 Å². The summed E-state index contributed by atoms with van der Waals surface area (Å²) in [6.45, 7) is 1.96. The van der Waals surface area contributed by atoms with Crippen molar-refractivity contribution >= 4 is 10.0 Å². The zero-order valence-corrected chi connectivity index (χ0v) is 14.5. The molecule has 2 rings (SSSR count). The molecule has 0 spiro atoms. The van der Waals surface area contributed by atoms with Gasteiger partial charge in [0, 0.05) is 26.3 Å². The van der Waals surface area contributed by atoms with Gasteiger partial charge in [-0.15, -0.1) is 0 Å². The van der Waals surface area contributed by atoms with E-state index in [1.165, 1.54) is 7.11 Å². The van der Waals surface area contributed by atoms with Crippen LogP contribution in [0, 0.1) is 0 Å². The summed E-state index contributed by atoms with van der Waals surface area (Å²) in [6.07, 6.45) is -0.588. The van der Waals surface area contributed by atoms with Gasteiger partial charge in [0.25, 0.3) is 0 Å². The van der Waals surface area contributed by atoms with E-state index in [-0.39, 0.29) is 19.9 Å². The largest absolute Gasteiger partial charge is 0.491 e. The van der Waals surface area contributed by atoms with Crippen molar-refractivity contribution in [3.8, 4) is 17.2 Å². The van der Waals surface area contributed by atoms with E-state index in [1.807, 2.05) is 0 Å². The summed E-state index contributed by atoms with van der Waals surface area (Å²) in [5, 5.41) is 9.29. The molecular formula is C15H23NO7S. The Bertz CT molecular complexity index is 635. The zero-order valence-electron chi connectivity index (χ0n) is 13.7. The summed E-state index contributed by atoms with van der Waals surface area (Å²) in [5.74, 6) is 1.73. The van der Waals surface area contributed by atoms with Crippen LogP contribution in [0.25, 0.3) is 0 Å². The summed E-state index contributed by atoms with van der Waals surface area (Å²) in [6, 6.07) is 5.06. The van der Waals surface area contributed by atoms with E-state index in [1.54, 1.807) is 25.1 Å². The van der Waals surface area contributed by atoms with Gasteiger partial charge >= 0.3 is 0 Å². The van der Waals surface area contributed by atoms with Crippen molar-refractivity contribution in [1.82, 2.24) is 4.72 Å². The molecule has 0 saturated heterocycles. The monoisotopic (exact) mass is 361 g/mol. The first-order valence-electron chi connectivity index (χ1n) is 7.60. The van der Waals surface area contributed by atoms with Crippen molar-refractivity contribution in [2.45, 2.75) is 24.7 Å². The van der Waals surface area contributed by atoms with Crippen molar-refractivity contribution in [2.75, 3.05) is 33.7 Å². The van der Waals surface area contributed by atoms with Crippen LogP contribution in [0.1, 0.15) is 13.3 Å². The predicted octanol–water partition coefficient (Wildman–Crippen LogP) is 0.499. The minimum Gasteiger partial charge on any atom is -0.491 e. The lowest BCUT2D eigenvalue weighted by molar-refractivity contribution is 0.111. The van der Waals surface area contributed by atoms with Gasteiger partial charge in [-0.05, 0) is 25.5 Å². The van der Waals surface area contributed by atoms with Crippen molar-refractivity contribution in [2.24, 2.45) is 0 Å². The highest BCUT2D eigenvalue weighted by Crippen LogP contribution is 2.35. The van der Waals surface area contributed by atoms with Gasteiger partial charge in [-0.2, -0.15) is 0 Å². The molecule has 0 aromatic heterocycles. The number of aliphatic hydroxyl groups excluding tert-OH is 1. The zero-order chi connectivity index (χ0) is 17.6. The van der Waals surface area contributed by atoms with Gasteiger partial charge < -0.3 is 24.1 Å². The maximum Gasteiger partial charge on any atom is 0.231 e. The fourth-order valence-electron chi connectivity index (χ4n) is 2.01. The second-order valence-electron chi connectivity index (χ2n) is 5.47. The van der Waals surface area contributed by atoms with E-state index in [0.717, 1.165) is 0 Å². The third-order valence-corrected chi connectivity index (χ3v) is 5.43. The fraction of sp³-hybridized carbons (Fsp3) is 0.600. The van der Waals surface area contributed by atoms with E-state index in [0.29, 0.717) is 30.3 Å². The van der Waals surface area contributed by atoms with Crippen molar-refractivity contribution in [3.63, 3.8) is 0 Å². The second-order valence-corrected chi connectivity index (χ2v) is 7.65. The number of aliphatic hydroxyl groups is 1. The van der Waals surface area contributed by atoms with Crippen LogP contribution in [0.3, 0.4) is 0 Å². The first-order chi connectivity index (χ1) is 11.4. The number of sulfonamides is 1. The summed E-state index contributed by atoms with van der Waals surface area (Å²) in [7, 11) is -1.98. The molecule has 0 amide bonds. The first kappa shape index (κ1) is 18.8. The van der Waals surface area contributed by atoms with Crippen LogP contribution >= 0.6 is 0 Å². The highest BCUT2D eigenvalue weighted by Gasteiger charge is 2.21. The van der Waals surface area contributed by atoms with Crippen LogP contribution in [0.4, 0.5) is 0 Å². The van der Waals surface area contributed by atoms with Gasteiger partial charge in [0.15, 0.2) is 11.5 Å². The Labute approximate surface area is 141 Å². The van der Waals surface area contributed by atoms with Gasteiger partial charge in [-0.3, -0.25) is 0 Å². The topological polar surface area (TPSA) is 103 Å². The van der Waals surface area contributed by atoms with E-state index in [4.69, 9.17) is 18.9 Å². The van der Waals surface area contributed by atoms with Crippen molar-refractivity contribution in [1.29, 1.82) is 0 Å². The molecule has 136 valence electrons. The Kier molecular flexibility index (Phi) is 6.67. The quantitative estimate of drug-likeness (QED) is 0.625. The van der Waals surface area contributed by atoms with Crippen LogP contribution in [0.5, 0.6) is 17.2 Å². The molecule has 8 nitrogen and oxygen atoms in total. The number of hydrogen-bond acceptors (Lipinski definition) is 7. The van der Waals surface area contributed by atoms with Gasteiger partial charge in [0.05, 0.1) is 5.25 Å². The van der Waals surface area contributed by atoms with E-state index < -0.39 is 21.4 Å². The number of hydrogen-bond donors (Lipinski definition) is 2. The van der Waals surface area contributed by atoms with Crippen LogP contribution in [0.15, 0.2) is 18.2 Å². The molecule has 0 aliphatic carbocycles. The lowest BCUT2D eigenvalue weighted by atomic mass is 10.3. The van der Waals surface area contributed by atoms with Crippen molar-refractivity contribution < 1.29 is 32.5 Å². The maximum atomic E-state index is 12.0. The number of methoxy groups -OCH3 is 1. The smallest absolute Gasteiger partial charge is 0.231 e. The highest BCUT2D eigenvalue weighted by molar-refractivity contribution is 7.90. The lowest BCUT2D eigenvalue weighted by Crippen LogP contribution is -2.39. The van der Waals surface area contributed by atoms with Crippen molar-refractivity contribution in [3.05, 3.63) is 18.2 Å². The molecule has 1 aromatic rings. The number of benzene rings is 1. The molecule has 24 heavy (non-hydrogen) atoms. The average Bonchev–Trinajstić information content (AvgIpc) is 3.03. The molecule has 1 aliphatic heterocycles. The molecule has 0 saturated carbocycles. The molecule has 0 bridgehead atoms. The Hall–Kier alpha value is -1.55. The first-order valence-corrected chi connectivity index (χ1v) is 9.15. The molecule has 0 fully saturated rings. The highest BCUT2D eigenvalue weighted by atomic mass is 32.2. The number of rotatable bonds is 10. The summed E-state index contributed by atoms with van der Waals surface area (Å²) < 4.78 is 47.1. The standard InChI is InChI=1S/C15H23NO7S/c1-11(5-6-20-2)24(18,19)16-8-12(17)9-21-13-3-4-14-15(7-13)23-10-22-14/h3-4,7,11-12,16-17H,5-6,8-10H2,1-2H3. The fourth-order valence-corrected chi connectivity index (χ4v) is 3.13. The van der Waals surface area contributed by atoms with Crippen LogP contribution in [-0.4, -0.2) is 58.5 Å². The minimum atomic E-state index is -3.50. The maximum absolute atomic E-state index is 12.0. The second kappa shape index (κ2) is 8.52. The molecule has 1 aromatic carbocycles. The normalized spacial score (nSPS) is 16.0. The third kappa shape index (κ3) is 5.23. The Morgan fingerprint density at radius 2 is 2.08 bits per heavy atom. The molecule has 2 atom stereocenters. The lowest BCUT2D eigenvalue weighted by Gasteiger charge is -2.16. The molecule has 9 heteroatoms. The van der Waals surface area contributed by atoms with E-state index >= 15 is 0 Å². The Balaban J connectivity index is 1.76. The van der Waals surface area contributed by atoms with Crippen LogP contribution < -0.4 is 18.9 Å². The predicted molar refractivity (Wildman–Crippen MR) is 86.9 cm³/mol. The van der Waals surface area contributed by atoms with Gasteiger partial charge in [0.1, 0.15) is 18.5 Å². The SMILES string of the molecule is COCCC(C)S(=O)(=O)NCC(O)COc1ccc2c(c1)OCO2. The number of ether oxygens (including phenoxy) is 4. The number of fused-ring (bicyclic) bond motifs is 1. The average molecular weight is 361 g/mol. The molecule has 0 radical (unpaired) electrons. The summed E-state index contributed by atoms with van der Waals surface area (Å²) >= 11 is 0. The minimum absolute atomic E-state index is 0.0470.